The molecule has 36 heavy (non-hydrogen) atoms. The van der Waals surface area contributed by atoms with Crippen LogP contribution >= 0.6 is 0 Å². The summed E-state index contributed by atoms with van der Waals surface area (Å²) in [5, 5.41) is 0. The van der Waals surface area contributed by atoms with Crippen LogP contribution in [0, 0.1) is 0 Å². The fourth-order valence-corrected chi connectivity index (χ4v) is 5.08. The Morgan fingerprint density at radius 3 is 1.14 bits per heavy atom. The highest BCUT2D eigenvalue weighted by atomic mass is 14.5. The molecular formula is C34H40N2. The highest BCUT2D eigenvalue weighted by Crippen LogP contribution is 2.23. The van der Waals surface area contributed by atoms with Gasteiger partial charge in [0.2, 0.25) is 0 Å². The number of anilines is 2. The summed E-state index contributed by atoms with van der Waals surface area (Å²) in [4.78, 5) is 0. The second kappa shape index (κ2) is 12.4. The number of nitrogens with two attached hydrogens (primary N) is 2. The molecule has 0 saturated heterocycles. The first kappa shape index (κ1) is 25.6. The summed E-state index contributed by atoms with van der Waals surface area (Å²) < 4.78 is 0. The first-order chi connectivity index (χ1) is 17.5. The van der Waals surface area contributed by atoms with Gasteiger partial charge in [0, 0.05) is 11.4 Å². The molecule has 4 aromatic carbocycles. The van der Waals surface area contributed by atoms with Crippen LogP contribution in [0.15, 0.2) is 84.9 Å². The van der Waals surface area contributed by atoms with Gasteiger partial charge in [-0.15, -0.1) is 0 Å². The van der Waals surface area contributed by atoms with Crippen molar-refractivity contribution in [3.63, 3.8) is 0 Å². The summed E-state index contributed by atoms with van der Waals surface area (Å²) in [7, 11) is 0. The molecule has 0 aliphatic carbocycles. The maximum absolute atomic E-state index is 5.86. The van der Waals surface area contributed by atoms with E-state index in [4.69, 9.17) is 11.5 Å². The van der Waals surface area contributed by atoms with Crippen molar-refractivity contribution in [1.29, 1.82) is 0 Å². The Balaban J connectivity index is 1.48. The predicted molar refractivity (Wildman–Crippen MR) is 156 cm³/mol. The topological polar surface area (TPSA) is 52.0 Å². The first-order valence-electron chi connectivity index (χ1n) is 13.4. The molecule has 0 unspecified atom stereocenters. The van der Waals surface area contributed by atoms with Crippen molar-refractivity contribution in [3.05, 3.63) is 129 Å². The molecule has 0 aromatic heterocycles. The largest absolute Gasteiger partial charge is 0.399 e. The van der Waals surface area contributed by atoms with Crippen molar-refractivity contribution in [2.75, 3.05) is 11.5 Å². The summed E-state index contributed by atoms with van der Waals surface area (Å²) in [5.41, 5.74) is 24.7. The van der Waals surface area contributed by atoms with Crippen molar-refractivity contribution in [2.24, 2.45) is 0 Å². The molecule has 0 heterocycles. The van der Waals surface area contributed by atoms with Gasteiger partial charge in [0.15, 0.2) is 0 Å². The Morgan fingerprint density at radius 1 is 0.417 bits per heavy atom. The van der Waals surface area contributed by atoms with Gasteiger partial charge in [-0.3, -0.25) is 0 Å². The lowest BCUT2D eigenvalue weighted by Crippen LogP contribution is -2.03. The van der Waals surface area contributed by atoms with E-state index >= 15 is 0 Å². The van der Waals surface area contributed by atoms with Crippen LogP contribution in [-0.4, -0.2) is 0 Å². The summed E-state index contributed by atoms with van der Waals surface area (Å²) >= 11 is 0. The molecule has 0 bridgehead atoms. The molecule has 4 N–H and O–H groups in total. The monoisotopic (exact) mass is 476 g/mol. The van der Waals surface area contributed by atoms with E-state index in [1.54, 1.807) is 0 Å². The maximum Gasteiger partial charge on any atom is 0.0314 e. The van der Waals surface area contributed by atoms with Crippen LogP contribution in [0.1, 0.15) is 71.2 Å². The number of rotatable bonds is 11. The van der Waals surface area contributed by atoms with E-state index in [0.29, 0.717) is 0 Å². The van der Waals surface area contributed by atoms with Crippen LogP contribution < -0.4 is 11.5 Å². The second-order valence-corrected chi connectivity index (χ2v) is 10.0. The molecule has 0 saturated carbocycles. The first-order valence-corrected chi connectivity index (χ1v) is 13.4. The van der Waals surface area contributed by atoms with Crippen molar-refractivity contribution in [1.82, 2.24) is 0 Å². The lowest BCUT2D eigenvalue weighted by atomic mass is 9.90. The summed E-state index contributed by atoms with van der Waals surface area (Å²) in [6, 6.07) is 30.7. The highest BCUT2D eigenvalue weighted by molar-refractivity contribution is 5.43. The van der Waals surface area contributed by atoms with Gasteiger partial charge in [0.1, 0.15) is 0 Å². The van der Waals surface area contributed by atoms with Gasteiger partial charge in [-0.25, -0.2) is 0 Å². The fraction of sp³-hybridized carbons (Fsp3) is 0.294. The van der Waals surface area contributed by atoms with Crippen LogP contribution in [-0.2, 0) is 38.5 Å². The normalized spacial score (nSPS) is 11.1. The SMILES string of the molecule is CCCc1cc(Cc2ccc(N)cc2)ccc1CCc1ccc(Cc2ccc(N)cc2)cc1CCC. The lowest BCUT2D eigenvalue weighted by Gasteiger charge is -2.15. The van der Waals surface area contributed by atoms with Gasteiger partial charge in [-0.1, -0.05) is 87.4 Å². The Bertz CT molecular complexity index is 1150. The third-order valence-corrected chi connectivity index (χ3v) is 7.02. The molecule has 0 amide bonds. The van der Waals surface area contributed by atoms with E-state index in [0.717, 1.165) is 49.9 Å². The Morgan fingerprint density at radius 2 is 0.778 bits per heavy atom. The number of benzene rings is 4. The summed E-state index contributed by atoms with van der Waals surface area (Å²) in [6.45, 7) is 4.55. The van der Waals surface area contributed by atoms with Crippen molar-refractivity contribution < 1.29 is 0 Å². The summed E-state index contributed by atoms with van der Waals surface area (Å²) in [5.74, 6) is 0. The number of aryl methyl sites for hydroxylation is 4. The standard InChI is InChI=1S/C34H40N2/c1-3-5-31-23-27(21-25-9-17-33(35)18-10-25)7-13-29(31)15-16-30-14-8-28(24-32(30)6-4-2)22-26-11-19-34(36)20-12-26/h7-14,17-20,23-24H,3-6,15-16,21-22,35-36H2,1-2H3. The van der Waals surface area contributed by atoms with E-state index < -0.39 is 0 Å². The van der Waals surface area contributed by atoms with E-state index in [-0.39, 0.29) is 0 Å². The fourth-order valence-electron chi connectivity index (χ4n) is 5.08. The minimum atomic E-state index is 0.821. The van der Waals surface area contributed by atoms with Crippen molar-refractivity contribution in [3.8, 4) is 0 Å². The van der Waals surface area contributed by atoms with Crippen LogP contribution in [0.25, 0.3) is 0 Å². The minimum Gasteiger partial charge on any atom is -0.399 e. The van der Waals surface area contributed by atoms with Crippen LogP contribution in [0.3, 0.4) is 0 Å². The highest BCUT2D eigenvalue weighted by Gasteiger charge is 2.09. The van der Waals surface area contributed by atoms with Crippen LogP contribution in [0.4, 0.5) is 11.4 Å². The minimum absolute atomic E-state index is 0.821. The molecule has 0 fully saturated rings. The van der Waals surface area contributed by atoms with Gasteiger partial charge < -0.3 is 11.5 Å². The van der Waals surface area contributed by atoms with Gasteiger partial charge in [-0.05, 0) is 107 Å². The number of hydrogen-bond donors (Lipinski definition) is 2. The Labute approximate surface area is 217 Å². The molecule has 4 aromatic rings. The van der Waals surface area contributed by atoms with Gasteiger partial charge >= 0.3 is 0 Å². The average Bonchev–Trinajstić information content (AvgIpc) is 2.88. The van der Waals surface area contributed by atoms with E-state index in [1.165, 1.54) is 57.3 Å². The molecule has 4 rings (SSSR count). The van der Waals surface area contributed by atoms with Gasteiger partial charge in [0.25, 0.3) is 0 Å². The molecule has 0 atom stereocenters. The average molecular weight is 477 g/mol. The molecular weight excluding hydrogens is 436 g/mol. The quantitative estimate of drug-likeness (QED) is 0.218. The summed E-state index contributed by atoms with van der Waals surface area (Å²) in [6.07, 6.45) is 8.68. The van der Waals surface area contributed by atoms with Gasteiger partial charge in [0.05, 0.1) is 0 Å². The van der Waals surface area contributed by atoms with E-state index in [1.807, 2.05) is 24.3 Å². The number of hydrogen-bond acceptors (Lipinski definition) is 2. The Hall–Kier alpha value is -3.52. The zero-order valence-electron chi connectivity index (χ0n) is 21.9. The molecule has 2 heteroatoms. The van der Waals surface area contributed by atoms with Gasteiger partial charge in [-0.2, -0.15) is 0 Å². The van der Waals surface area contributed by atoms with Crippen molar-refractivity contribution >= 4 is 11.4 Å². The lowest BCUT2D eigenvalue weighted by molar-refractivity contribution is 0.849. The molecule has 0 radical (unpaired) electrons. The maximum atomic E-state index is 5.86. The van der Waals surface area contributed by atoms with E-state index in [9.17, 15) is 0 Å². The predicted octanol–water partition coefficient (Wildman–Crippen LogP) is 7.72. The number of nitrogen functional groups attached to an aromatic ring is 2. The van der Waals surface area contributed by atoms with Crippen molar-refractivity contribution in [2.45, 2.75) is 65.2 Å². The van der Waals surface area contributed by atoms with Crippen LogP contribution in [0.5, 0.6) is 0 Å². The molecule has 0 aliphatic rings. The molecule has 2 nitrogen and oxygen atoms in total. The zero-order valence-corrected chi connectivity index (χ0v) is 21.9. The molecule has 186 valence electrons. The zero-order chi connectivity index (χ0) is 25.3. The molecule has 0 spiro atoms. The second-order valence-electron chi connectivity index (χ2n) is 10.0. The molecule has 0 aliphatic heterocycles. The Kier molecular flexibility index (Phi) is 8.84. The van der Waals surface area contributed by atoms with Crippen LogP contribution in [0.2, 0.25) is 0 Å². The van der Waals surface area contributed by atoms with E-state index in [2.05, 4.69) is 74.5 Å². The third-order valence-electron chi connectivity index (χ3n) is 7.02. The smallest absolute Gasteiger partial charge is 0.0314 e. The third kappa shape index (κ3) is 7.01.